The van der Waals surface area contributed by atoms with Gasteiger partial charge in [0.05, 0.1) is 0 Å². The van der Waals surface area contributed by atoms with E-state index >= 15 is 0 Å². The minimum atomic E-state index is 1.15. The summed E-state index contributed by atoms with van der Waals surface area (Å²) in [6.07, 6.45) is 13.3. The summed E-state index contributed by atoms with van der Waals surface area (Å²) in [6.45, 7) is 1.15. The van der Waals surface area contributed by atoms with Crippen LogP contribution in [0.25, 0.3) is 0 Å². The lowest BCUT2D eigenvalue weighted by molar-refractivity contribution is 0.676. The van der Waals surface area contributed by atoms with E-state index in [0.29, 0.717) is 0 Å². The van der Waals surface area contributed by atoms with Gasteiger partial charge < -0.3 is 5.32 Å². The predicted octanol–water partition coefficient (Wildman–Crippen LogP) is 2.65. The van der Waals surface area contributed by atoms with Gasteiger partial charge in [0.2, 0.25) is 0 Å². The van der Waals surface area contributed by atoms with Crippen LogP contribution in [0.1, 0.15) is 32.1 Å². The third kappa shape index (κ3) is 3.72. The van der Waals surface area contributed by atoms with E-state index in [4.69, 9.17) is 0 Å². The number of hydrogen-bond acceptors (Lipinski definition) is 1. The topological polar surface area (TPSA) is 12.0 Å². The summed E-state index contributed by atoms with van der Waals surface area (Å²) in [6, 6.07) is 0. The maximum absolute atomic E-state index is 3.17. The fraction of sp³-hybridized carbons (Fsp3) is 0.636. The molecule has 0 aromatic rings. The lowest BCUT2D eigenvalue weighted by Gasteiger charge is -2.06. The van der Waals surface area contributed by atoms with Crippen LogP contribution in [0.5, 0.6) is 0 Å². The Balaban J connectivity index is 2.06. The van der Waals surface area contributed by atoms with E-state index < -0.39 is 0 Å². The third-order valence-corrected chi connectivity index (χ3v) is 2.21. The zero-order chi connectivity index (χ0) is 8.65. The summed E-state index contributed by atoms with van der Waals surface area (Å²) in [5, 5.41) is 3.17. The molecule has 1 heteroatoms. The van der Waals surface area contributed by atoms with Crippen molar-refractivity contribution >= 4 is 0 Å². The predicted molar refractivity (Wildman–Crippen MR) is 54.2 cm³/mol. The Morgan fingerprint density at radius 2 is 2.25 bits per heavy atom. The molecule has 1 nitrogen and oxygen atoms in total. The van der Waals surface area contributed by atoms with Gasteiger partial charge in [-0.3, -0.25) is 0 Å². The number of nitrogens with one attached hydrogen (secondary N) is 1. The second-order valence-corrected chi connectivity index (χ2v) is 3.32. The Morgan fingerprint density at radius 1 is 1.33 bits per heavy atom. The molecule has 0 aliphatic heterocycles. The molecule has 0 fully saturated rings. The fourth-order valence-corrected chi connectivity index (χ4v) is 1.48. The summed E-state index contributed by atoms with van der Waals surface area (Å²) in [5.41, 5.74) is 1.54. The van der Waals surface area contributed by atoms with Gasteiger partial charge in [0.1, 0.15) is 0 Å². The maximum Gasteiger partial charge on any atom is -0.00518 e. The number of unbranched alkanes of at least 4 members (excludes halogenated alkanes) is 1. The van der Waals surface area contributed by atoms with Crippen LogP contribution in [0, 0.1) is 0 Å². The van der Waals surface area contributed by atoms with Gasteiger partial charge in [0, 0.05) is 0 Å². The van der Waals surface area contributed by atoms with Gasteiger partial charge in [0.25, 0.3) is 0 Å². The molecule has 0 aromatic carbocycles. The van der Waals surface area contributed by atoms with Crippen LogP contribution in [0.15, 0.2) is 23.8 Å². The van der Waals surface area contributed by atoms with Gasteiger partial charge in [-0.1, -0.05) is 23.8 Å². The van der Waals surface area contributed by atoms with E-state index in [1.54, 1.807) is 0 Å². The molecule has 1 N–H and O–H groups in total. The highest BCUT2D eigenvalue weighted by atomic mass is 14.8. The summed E-state index contributed by atoms with van der Waals surface area (Å²) < 4.78 is 0. The average molecular weight is 165 g/mol. The molecule has 1 rings (SSSR count). The van der Waals surface area contributed by atoms with Crippen molar-refractivity contribution in [1.29, 1.82) is 0 Å². The minimum Gasteiger partial charge on any atom is -0.320 e. The molecule has 1 aliphatic carbocycles. The first-order valence-electron chi connectivity index (χ1n) is 4.93. The zero-order valence-electron chi connectivity index (χ0n) is 7.97. The van der Waals surface area contributed by atoms with Gasteiger partial charge in [-0.2, -0.15) is 0 Å². The van der Waals surface area contributed by atoms with Gasteiger partial charge >= 0.3 is 0 Å². The highest BCUT2D eigenvalue weighted by Crippen LogP contribution is 2.15. The lowest BCUT2D eigenvalue weighted by atomic mass is 10.0. The molecule has 0 atom stereocenters. The minimum absolute atomic E-state index is 1.15. The summed E-state index contributed by atoms with van der Waals surface area (Å²) in [5.74, 6) is 0. The van der Waals surface area contributed by atoms with Gasteiger partial charge in [-0.15, -0.1) is 0 Å². The molecule has 1 aliphatic rings. The van der Waals surface area contributed by atoms with Gasteiger partial charge in [0.15, 0.2) is 0 Å². The molecule has 0 aromatic heterocycles. The van der Waals surface area contributed by atoms with E-state index in [1.165, 1.54) is 37.7 Å². The number of allylic oxidation sites excluding steroid dienone is 4. The molecule has 0 saturated heterocycles. The van der Waals surface area contributed by atoms with E-state index in [0.717, 1.165) is 6.54 Å². The van der Waals surface area contributed by atoms with Crippen LogP contribution >= 0.6 is 0 Å². The smallest absolute Gasteiger partial charge is 0.00518 e. The molecule has 0 heterocycles. The molecule has 12 heavy (non-hydrogen) atoms. The molecule has 0 amide bonds. The second-order valence-electron chi connectivity index (χ2n) is 3.32. The van der Waals surface area contributed by atoms with Crippen LogP contribution in [-0.4, -0.2) is 13.6 Å². The normalized spacial score (nSPS) is 16.2. The number of rotatable bonds is 5. The maximum atomic E-state index is 3.17. The molecule has 0 bridgehead atoms. The van der Waals surface area contributed by atoms with Crippen molar-refractivity contribution in [3.05, 3.63) is 23.8 Å². The number of hydrogen-bond donors (Lipinski definition) is 1. The quantitative estimate of drug-likeness (QED) is 0.617. The first-order valence-corrected chi connectivity index (χ1v) is 4.93. The van der Waals surface area contributed by atoms with Crippen LogP contribution in [0.3, 0.4) is 0 Å². The lowest BCUT2D eigenvalue weighted by Crippen LogP contribution is -2.07. The summed E-state index contributed by atoms with van der Waals surface area (Å²) in [7, 11) is 2.01. The van der Waals surface area contributed by atoms with Crippen molar-refractivity contribution in [3.8, 4) is 0 Å². The molecular formula is C11H19N. The van der Waals surface area contributed by atoms with Crippen molar-refractivity contribution in [2.75, 3.05) is 13.6 Å². The summed E-state index contributed by atoms with van der Waals surface area (Å²) >= 11 is 0. The van der Waals surface area contributed by atoms with E-state index in [-0.39, 0.29) is 0 Å². The zero-order valence-corrected chi connectivity index (χ0v) is 7.97. The van der Waals surface area contributed by atoms with Crippen LogP contribution < -0.4 is 5.32 Å². The Kier molecular flexibility index (Phi) is 4.77. The first-order chi connectivity index (χ1) is 5.93. The van der Waals surface area contributed by atoms with Gasteiger partial charge in [-0.05, 0) is 45.7 Å². The Labute approximate surface area is 75.6 Å². The summed E-state index contributed by atoms with van der Waals surface area (Å²) in [4.78, 5) is 0. The first kappa shape index (κ1) is 9.53. The molecule has 0 unspecified atom stereocenters. The van der Waals surface area contributed by atoms with Crippen LogP contribution in [0.2, 0.25) is 0 Å². The van der Waals surface area contributed by atoms with Crippen LogP contribution in [0.4, 0.5) is 0 Å². The monoisotopic (exact) mass is 165 g/mol. The molecule has 0 spiro atoms. The SMILES string of the molecule is CNCCCCC1=CCCC=C1. The van der Waals surface area contributed by atoms with E-state index in [1.807, 2.05) is 7.05 Å². The fourth-order valence-electron chi connectivity index (χ4n) is 1.48. The Hall–Kier alpha value is -0.560. The highest BCUT2D eigenvalue weighted by Gasteiger charge is 1.96. The average Bonchev–Trinajstić information content (AvgIpc) is 2.14. The van der Waals surface area contributed by atoms with Crippen molar-refractivity contribution in [1.82, 2.24) is 5.32 Å². The van der Waals surface area contributed by atoms with Crippen LogP contribution in [-0.2, 0) is 0 Å². The van der Waals surface area contributed by atoms with Crippen molar-refractivity contribution in [2.45, 2.75) is 32.1 Å². The van der Waals surface area contributed by atoms with Crippen molar-refractivity contribution in [2.24, 2.45) is 0 Å². The van der Waals surface area contributed by atoms with Crippen molar-refractivity contribution < 1.29 is 0 Å². The molecule has 0 radical (unpaired) electrons. The molecule has 68 valence electrons. The highest BCUT2D eigenvalue weighted by molar-refractivity contribution is 5.21. The third-order valence-electron chi connectivity index (χ3n) is 2.21. The largest absolute Gasteiger partial charge is 0.320 e. The van der Waals surface area contributed by atoms with Crippen molar-refractivity contribution in [3.63, 3.8) is 0 Å². The Morgan fingerprint density at radius 3 is 2.92 bits per heavy atom. The molecular weight excluding hydrogens is 146 g/mol. The Bertz CT molecular complexity index is 168. The van der Waals surface area contributed by atoms with E-state index in [2.05, 4.69) is 23.5 Å². The van der Waals surface area contributed by atoms with Gasteiger partial charge in [-0.25, -0.2) is 0 Å². The molecule has 0 saturated carbocycles. The standard InChI is InChI=1S/C11H19N/c1-12-10-6-5-9-11-7-3-2-4-8-11/h3,7-8,12H,2,4-6,9-10H2,1H3. The second kappa shape index (κ2) is 6.01. The van der Waals surface area contributed by atoms with E-state index in [9.17, 15) is 0 Å².